The van der Waals surface area contributed by atoms with Crippen LogP contribution in [0.3, 0.4) is 0 Å². The predicted octanol–water partition coefficient (Wildman–Crippen LogP) is 3.31. The van der Waals surface area contributed by atoms with Gasteiger partial charge in [-0.15, -0.1) is 0 Å². The second-order valence-electron chi connectivity index (χ2n) is 8.81. The zero-order valence-corrected chi connectivity index (χ0v) is 19.4. The van der Waals surface area contributed by atoms with E-state index < -0.39 is 36.2 Å². The van der Waals surface area contributed by atoms with Gasteiger partial charge in [0.25, 0.3) is 11.8 Å². The zero-order chi connectivity index (χ0) is 24.2. The van der Waals surface area contributed by atoms with Gasteiger partial charge in [0, 0.05) is 12.0 Å². The van der Waals surface area contributed by atoms with Gasteiger partial charge in [-0.05, 0) is 35.2 Å². The Morgan fingerprint density at radius 1 is 1.09 bits per heavy atom. The lowest BCUT2D eigenvalue weighted by atomic mass is 9.87. The van der Waals surface area contributed by atoms with Crippen molar-refractivity contribution >= 4 is 41.0 Å². The standard InChI is InChI=1S/C24H26ClN3O5/c1-24(2,3)17-10-8-15(9-11-17)22(31)27-28-13-16(12-21(28)30)23(32)33-14-20(29)26-19-7-5-4-6-18(19)25/h4-11,16H,12-14H2,1-3H3,(H,26,29)(H,27,31)/t16-/m1/s1. The number of para-hydroxylation sites is 1. The summed E-state index contributed by atoms with van der Waals surface area (Å²) < 4.78 is 5.05. The highest BCUT2D eigenvalue weighted by Crippen LogP contribution is 2.23. The number of benzene rings is 2. The van der Waals surface area contributed by atoms with Crippen molar-refractivity contribution in [1.29, 1.82) is 0 Å². The highest BCUT2D eigenvalue weighted by Gasteiger charge is 2.36. The molecule has 0 radical (unpaired) electrons. The number of rotatable bonds is 6. The molecule has 1 atom stereocenters. The molecule has 2 N–H and O–H groups in total. The maximum Gasteiger partial charge on any atom is 0.311 e. The molecule has 1 aliphatic heterocycles. The van der Waals surface area contributed by atoms with E-state index in [9.17, 15) is 19.2 Å². The van der Waals surface area contributed by atoms with Crippen molar-refractivity contribution in [3.05, 3.63) is 64.7 Å². The molecule has 0 unspecified atom stereocenters. The summed E-state index contributed by atoms with van der Waals surface area (Å²) in [5.74, 6) is -2.88. The van der Waals surface area contributed by atoms with Crippen LogP contribution in [0, 0.1) is 5.92 Å². The number of amides is 3. The Bertz CT molecular complexity index is 1060. The van der Waals surface area contributed by atoms with E-state index in [0.29, 0.717) is 16.3 Å². The zero-order valence-electron chi connectivity index (χ0n) is 18.7. The molecular formula is C24H26ClN3O5. The Morgan fingerprint density at radius 2 is 1.76 bits per heavy atom. The number of nitrogens with one attached hydrogen (secondary N) is 2. The van der Waals surface area contributed by atoms with Gasteiger partial charge >= 0.3 is 5.97 Å². The summed E-state index contributed by atoms with van der Waals surface area (Å²) in [6.07, 6.45) is -0.117. The van der Waals surface area contributed by atoms with Crippen molar-refractivity contribution in [3.8, 4) is 0 Å². The molecule has 8 nitrogen and oxygen atoms in total. The van der Waals surface area contributed by atoms with Crippen molar-refractivity contribution in [2.24, 2.45) is 5.92 Å². The molecular weight excluding hydrogens is 446 g/mol. The molecule has 0 spiro atoms. The minimum atomic E-state index is -0.783. The lowest BCUT2D eigenvalue weighted by Crippen LogP contribution is -2.43. The van der Waals surface area contributed by atoms with Crippen LogP contribution in [0.1, 0.15) is 43.1 Å². The maximum atomic E-state index is 12.5. The van der Waals surface area contributed by atoms with Gasteiger partial charge in [0.15, 0.2) is 6.61 Å². The fraction of sp³-hybridized carbons (Fsp3) is 0.333. The molecule has 1 fully saturated rings. The quantitative estimate of drug-likeness (QED) is 0.629. The van der Waals surface area contributed by atoms with E-state index in [0.717, 1.165) is 10.6 Å². The van der Waals surface area contributed by atoms with Crippen LogP contribution in [0.2, 0.25) is 5.02 Å². The summed E-state index contributed by atoms with van der Waals surface area (Å²) in [7, 11) is 0. The van der Waals surface area contributed by atoms with Crippen LogP contribution in [0.15, 0.2) is 48.5 Å². The second-order valence-corrected chi connectivity index (χ2v) is 9.22. The van der Waals surface area contributed by atoms with Gasteiger partial charge in [0.2, 0.25) is 5.91 Å². The molecule has 3 rings (SSSR count). The third-order valence-electron chi connectivity index (χ3n) is 5.20. The lowest BCUT2D eigenvalue weighted by molar-refractivity contribution is -0.151. The first-order chi connectivity index (χ1) is 15.5. The number of carbonyl (C=O) groups is 4. The first kappa shape index (κ1) is 24.3. The molecule has 1 saturated heterocycles. The van der Waals surface area contributed by atoms with Gasteiger partial charge in [-0.2, -0.15) is 0 Å². The van der Waals surface area contributed by atoms with Crippen molar-refractivity contribution in [3.63, 3.8) is 0 Å². The number of ether oxygens (including phenoxy) is 1. The van der Waals surface area contributed by atoms with Gasteiger partial charge in [0.05, 0.1) is 23.2 Å². The van der Waals surface area contributed by atoms with E-state index in [2.05, 4.69) is 31.5 Å². The summed E-state index contributed by atoms with van der Waals surface area (Å²) in [4.78, 5) is 49.1. The normalized spacial score (nSPS) is 15.8. The Hall–Kier alpha value is -3.39. The molecule has 1 heterocycles. The minimum absolute atomic E-state index is 0.0321. The van der Waals surface area contributed by atoms with Gasteiger partial charge in [-0.25, -0.2) is 0 Å². The number of hydrazine groups is 1. The van der Waals surface area contributed by atoms with Crippen LogP contribution in [-0.2, 0) is 24.5 Å². The molecule has 2 aromatic carbocycles. The largest absolute Gasteiger partial charge is 0.455 e. The SMILES string of the molecule is CC(C)(C)c1ccc(C(=O)NN2C[C@H](C(=O)OCC(=O)Nc3ccccc3Cl)CC2=O)cc1. The van der Waals surface area contributed by atoms with Gasteiger partial charge in [-0.1, -0.05) is 56.6 Å². The molecule has 9 heteroatoms. The third kappa shape index (κ3) is 6.32. The summed E-state index contributed by atoms with van der Waals surface area (Å²) >= 11 is 5.98. The van der Waals surface area contributed by atoms with Crippen LogP contribution in [0.4, 0.5) is 5.69 Å². The molecule has 0 aromatic heterocycles. The van der Waals surface area contributed by atoms with Gasteiger partial charge in [0.1, 0.15) is 0 Å². The first-order valence-electron chi connectivity index (χ1n) is 10.5. The molecule has 33 heavy (non-hydrogen) atoms. The third-order valence-corrected chi connectivity index (χ3v) is 5.53. The topological polar surface area (TPSA) is 105 Å². The number of hydrogen-bond donors (Lipinski definition) is 2. The van der Waals surface area contributed by atoms with E-state index >= 15 is 0 Å². The highest BCUT2D eigenvalue weighted by molar-refractivity contribution is 6.33. The Balaban J connectivity index is 1.50. The predicted molar refractivity (Wildman–Crippen MR) is 123 cm³/mol. The number of nitrogens with zero attached hydrogens (tertiary/aromatic N) is 1. The summed E-state index contributed by atoms with van der Waals surface area (Å²) in [5.41, 5.74) is 4.38. The number of hydrogen-bond acceptors (Lipinski definition) is 5. The monoisotopic (exact) mass is 471 g/mol. The van der Waals surface area contributed by atoms with Crippen molar-refractivity contribution in [2.45, 2.75) is 32.6 Å². The fourth-order valence-electron chi connectivity index (χ4n) is 3.29. The average Bonchev–Trinajstić information content (AvgIpc) is 3.13. The summed E-state index contributed by atoms with van der Waals surface area (Å²) in [6.45, 7) is 5.68. The number of esters is 1. The van der Waals surface area contributed by atoms with Crippen molar-refractivity contribution in [1.82, 2.24) is 10.4 Å². The van der Waals surface area contributed by atoms with Crippen LogP contribution < -0.4 is 10.7 Å². The molecule has 174 valence electrons. The number of carbonyl (C=O) groups excluding carboxylic acids is 4. The van der Waals surface area contributed by atoms with Crippen LogP contribution in [0.25, 0.3) is 0 Å². The lowest BCUT2D eigenvalue weighted by Gasteiger charge is -2.20. The van der Waals surface area contributed by atoms with E-state index in [4.69, 9.17) is 16.3 Å². The van der Waals surface area contributed by atoms with Crippen molar-refractivity contribution < 1.29 is 23.9 Å². The minimum Gasteiger partial charge on any atom is -0.455 e. The van der Waals surface area contributed by atoms with Gasteiger partial charge < -0.3 is 10.1 Å². The summed E-state index contributed by atoms with van der Waals surface area (Å²) in [5, 5.41) is 4.01. The number of anilines is 1. The van der Waals surface area contributed by atoms with Crippen molar-refractivity contribution in [2.75, 3.05) is 18.5 Å². The second kappa shape index (κ2) is 10.0. The van der Waals surface area contributed by atoms with E-state index in [1.165, 1.54) is 0 Å². The average molecular weight is 472 g/mol. The molecule has 2 aromatic rings. The summed E-state index contributed by atoms with van der Waals surface area (Å²) in [6, 6.07) is 13.8. The molecule has 0 saturated carbocycles. The van der Waals surface area contributed by atoms with E-state index in [1.807, 2.05) is 12.1 Å². The number of halogens is 1. The molecule has 3 amide bonds. The molecule has 0 aliphatic carbocycles. The van der Waals surface area contributed by atoms with Gasteiger partial charge in [-0.3, -0.25) is 29.6 Å². The molecule has 0 bridgehead atoms. The smallest absolute Gasteiger partial charge is 0.311 e. The van der Waals surface area contributed by atoms with E-state index in [1.54, 1.807) is 36.4 Å². The molecule has 1 aliphatic rings. The fourth-order valence-corrected chi connectivity index (χ4v) is 3.47. The van der Waals surface area contributed by atoms with Crippen LogP contribution in [0.5, 0.6) is 0 Å². The van der Waals surface area contributed by atoms with Crippen LogP contribution in [-0.4, -0.2) is 41.9 Å². The Kier molecular flexibility index (Phi) is 7.38. The maximum absolute atomic E-state index is 12.5. The van der Waals surface area contributed by atoms with Crippen LogP contribution >= 0.6 is 11.6 Å². The first-order valence-corrected chi connectivity index (χ1v) is 10.9. The van der Waals surface area contributed by atoms with E-state index in [-0.39, 0.29) is 18.4 Å². The Morgan fingerprint density at radius 3 is 2.39 bits per heavy atom. The highest BCUT2D eigenvalue weighted by atomic mass is 35.5. The Labute approximate surface area is 197 Å².